The van der Waals surface area contributed by atoms with E-state index in [0.29, 0.717) is 58.8 Å². The smallest absolute Gasteiger partial charge is 0.338 e. The Hall–Kier alpha value is -2.78. The number of H-pyrrole nitrogens is 1. The number of imidazole rings is 1. The van der Waals surface area contributed by atoms with Gasteiger partial charge in [0.15, 0.2) is 17.3 Å². The number of benzene rings is 1. The number of rotatable bonds is 9. The van der Waals surface area contributed by atoms with Crippen LogP contribution in [-0.2, 0) is 21.7 Å². The van der Waals surface area contributed by atoms with Crippen LogP contribution in [0.2, 0.25) is 0 Å². The molecule has 0 amide bonds. The first-order valence-corrected chi connectivity index (χ1v) is 10.7. The standard InChI is InChI=1S/C20H23N3O5S/c1-4-26-17-9-10-21-16(18(17)27-5-2)12-29(25)20-22-14-8-7-13(11-15(14)23-20)19(24)28-6-3/h7-11H,4-6,12H2,1-3H3,(H,22,23). The van der Waals surface area contributed by atoms with E-state index in [1.165, 1.54) is 0 Å². The van der Waals surface area contributed by atoms with E-state index in [1.807, 2.05) is 13.8 Å². The highest BCUT2D eigenvalue weighted by Crippen LogP contribution is 2.32. The fourth-order valence-corrected chi connectivity index (χ4v) is 3.78. The third-order valence-electron chi connectivity index (χ3n) is 3.99. The Labute approximate surface area is 171 Å². The normalized spacial score (nSPS) is 12.0. The fraction of sp³-hybridized carbons (Fsp3) is 0.350. The number of hydrogen-bond acceptors (Lipinski definition) is 7. The molecular formula is C20H23N3O5S. The van der Waals surface area contributed by atoms with Gasteiger partial charge in [-0.25, -0.2) is 4.79 Å². The van der Waals surface area contributed by atoms with Gasteiger partial charge >= 0.3 is 11.1 Å². The molecule has 0 bridgehead atoms. The largest absolute Gasteiger partial charge is 0.609 e. The van der Waals surface area contributed by atoms with Crippen molar-refractivity contribution in [2.24, 2.45) is 0 Å². The number of pyridine rings is 1. The second-order valence-electron chi connectivity index (χ2n) is 5.94. The van der Waals surface area contributed by atoms with Gasteiger partial charge in [0.1, 0.15) is 5.69 Å². The highest BCUT2D eigenvalue weighted by atomic mass is 32.2. The number of aromatic nitrogens is 3. The van der Waals surface area contributed by atoms with Gasteiger partial charge in [0, 0.05) is 23.4 Å². The van der Waals surface area contributed by atoms with E-state index < -0.39 is 17.1 Å². The van der Waals surface area contributed by atoms with Crippen molar-refractivity contribution in [1.29, 1.82) is 0 Å². The molecule has 9 heteroatoms. The molecule has 0 spiro atoms. The summed E-state index contributed by atoms with van der Waals surface area (Å²) in [5.41, 5.74) is 2.15. The monoisotopic (exact) mass is 417 g/mol. The number of esters is 1. The molecule has 29 heavy (non-hydrogen) atoms. The molecule has 0 saturated heterocycles. The van der Waals surface area contributed by atoms with Crippen LogP contribution < -0.4 is 9.47 Å². The third-order valence-corrected chi connectivity index (χ3v) is 5.15. The second-order valence-corrected chi connectivity index (χ2v) is 7.30. The Kier molecular flexibility index (Phi) is 6.95. The van der Waals surface area contributed by atoms with Gasteiger partial charge in [-0.1, -0.05) is 0 Å². The Balaban J connectivity index is 1.85. The van der Waals surface area contributed by atoms with Crippen LogP contribution in [0.4, 0.5) is 0 Å². The van der Waals surface area contributed by atoms with E-state index in [0.717, 1.165) is 0 Å². The molecule has 1 unspecified atom stereocenters. The topological polar surface area (TPSA) is 109 Å². The first-order valence-electron chi connectivity index (χ1n) is 9.36. The predicted molar refractivity (Wildman–Crippen MR) is 109 cm³/mol. The molecule has 0 aliphatic heterocycles. The van der Waals surface area contributed by atoms with Crippen molar-refractivity contribution in [2.45, 2.75) is 31.7 Å². The van der Waals surface area contributed by atoms with Crippen LogP contribution in [0, 0.1) is 0 Å². The Morgan fingerprint density at radius 3 is 2.66 bits per heavy atom. The lowest BCUT2D eigenvalue weighted by molar-refractivity contribution is 0.0526. The molecule has 0 aliphatic rings. The minimum atomic E-state index is -1.49. The van der Waals surface area contributed by atoms with Gasteiger partial charge in [0.2, 0.25) is 0 Å². The van der Waals surface area contributed by atoms with Gasteiger partial charge in [0.05, 0.1) is 36.4 Å². The van der Waals surface area contributed by atoms with Gasteiger partial charge in [-0.3, -0.25) is 9.97 Å². The summed E-state index contributed by atoms with van der Waals surface area (Å²) in [7, 11) is 0. The summed E-state index contributed by atoms with van der Waals surface area (Å²) in [4.78, 5) is 23.6. The number of aromatic amines is 1. The molecule has 0 fully saturated rings. The van der Waals surface area contributed by atoms with Crippen LogP contribution in [0.15, 0.2) is 35.6 Å². The molecule has 154 valence electrons. The van der Waals surface area contributed by atoms with Crippen molar-refractivity contribution < 1.29 is 23.6 Å². The van der Waals surface area contributed by atoms with E-state index >= 15 is 0 Å². The molecule has 0 aliphatic carbocycles. The zero-order valence-electron chi connectivity index (χ0n) is 16.6. The second kappa shape index (κ2) is 9.62. The summed E-state index contributed by atoms with van der Waals surface area (Å²) in [5, 5.41) is 0.298. The van der Waals surface area contributed by atoms with Gasteiger partial charge in [-0.05, 0) is 39.0 Å². The molecule has 0 saturated carbocycles. The Morgan fingerprint density at radius 1 is 1.14 bits per heavy atom. The van der Waals surface area contributed by atoms with Crippen molar-refractivity contribution in [3.8, 4) is 11.5 Å². The number of hydrogen-bond donors (Lipinski definition) is 1. The number of carbonyl (C=O) groups is 1. The highest BCUT2D eigenvalue weighted by molar-refractivity contribution is 7.90. The zero-order valence-corrected chi connectivity index (χ0v) is 17.4. The predicted octanol–water partition coefficient (Wildman–Crippen LogP) is 3.24. The number of ether oxygens (including phenoxy) is 3. The summed E-state index contributed by atoms with van der Waals surface area (Å²) < 4.78 is 29.2. The van der Waals surface area contributed by atoms with Crippen molar-refractivity contribution in [1.82, 2.24) is 15.0 Å². The van der Waals surface area contributed by atoms with E-state index in [1.54, 1.807) is 37.4 Å². The maximum absolute atomic E-state index is 12.9. The molecule has 1 aromatic carbocycles. The lowest BCUT2D eigenvalue weighted by atomic mass is 10.2. The molecule has 3 aromatic rings. The van der Waals surface area contributed by atoms with Crippen molar-refractivity contribution >= 4 is 28.2 Å². The SMILES string of the molecule is CCOC(=O)c1ccc2[nH]c([S+]([O-])Cc3nccc(OCC)c3OCC)nc2c1. The third kappa shape index (κ3) is 4.80. The van der Waals surface area contributed by atoms with Crippen molar-refractivity contribution in [3.05, 3.63) is 41.7 Å². The molecule has 3 rings (SSSR count). The Morgan fingerprint density at radius 2 is 1.93 bits per heavy atom. The number of nitrogens with one attached hydrogen (secondary N) is 1. The molecular weight excluding hydrogens is 394 g/mol. The highest BCUT2D eigenvalue weighted by Gasteiger charge is 2.23. The Bertz CT molecular complexity index is 991. The van der Waals surface area contributed by atoms with Crippen molar-refractivity contribution in [3.63, 3.8) is 0 Å². The minimum absolute atomic E-state index is 0.112. The summed E-state index contributed by atoms with van der Waals surface area (Å²) in [6, 6.07) is 6.70. The first kappa shape index (κ1) is 20.9. The van der Waals surface area contributed by atoms with E-state index in [2.05, 4.69) is 15.0 Å². The fourth-order valence-electron chi connectivity index (χ4n) is 2.77. The zero-order chi connectivity index (χ0) is 20.8. The molecule has 1 N–H and O–H groups in total. The van der Waals surface area contributed by atoms with E-state index in [4.69, 9.17) is 14.2 Å². The molecule has 2 heterocycles. The average molecular weight is 417 g/mol. The number of nitrogens with zero attached hydrogens (tertiary/aromatic N) is 2. The summed E-state index contributed by atoms with van der Waals surface area (Å²) in [6.45, 7) is 6.71. The van der Waals surface area contributed by atoms with Crippen LogP contribution in [0.25, 0.3) is 11.0 Å². The van der Waals surface area contributed by atoms with Crippen molar-refractivity contribution in [2.75, 3.05) is 19.8 Å². The van der Waals surface area contributed by atoms with Crippen LogP contribution in [0.5, 0.6) is 11.5 Å². The first-order chi connectivity index (χ1) is 14.1. The average Bonchev–Trinajstić information content (AvgIpc) is 3.14. The van der Waals surface area contributed by atoms with E-state index in [-0.39, 0.29) is 5.75 Å². The lowest BCUT2D eigenvalue weighted by Crippen LogP contribution is -2.11. The van der Waals surface area contributed by atoms with E-state index in [9.17, 15) is 9.35 Å². The number of fused-ring (bicyclic) bond motifs is 1. The quantitative estimate of drug-likeness (QED) is 0.420. The maximum Gasteiger partial charge on any atom is 0.338 e. The lowest BCUT2D eigenvalue weighted by Gasteiger charge is -2.14. The molecule has 2 aromatic heterocycles. The van der Waals surface area contributed by atoms with Gasteiger partial charge in [-0.15, -0.1) is 0 Å². The van der Waals surface area contributed by atoms with Gasteiger partial charge < -0.3 is 18.8 Å². The molecule has 1 atom stereocenters. The minimum Gasteiger partial charge on any atom is -0.609 e. The molecule has 0 radical (unpaired) electrons. The van der Waals surface area contributed by atoms with Gasteiger partial charge in [-0.2, -0.15) is 4.98 Å². The van der Waals surface area contributed by atoms with Gasteiger partial charge in [0.25, 0.3) is 0 Å². The molecule has 8 nitrogen and oxygen atoms in total. The van der Waals surface area contributed by atoms with Crippen LogP contribution in [-0.4, -0.2) is 45.3 Å². The summed E-state index contributed by atoms with van der Waals surface area (Å²) >= 11 is -1.49. The maximum atomic E-state index is 12.9. The number of carbonyl (C=O) groups excluding carboxylic acids is 1. The van der Waals surface area contributed by atoms with Crippen LogP contribution in [0.3, 0.4) is 0 Å². The summed E-state index contributed by atoms with van der Waals surface area (Å²) in [5.74, 6) is 0.755. The van der Waals surface area contributed by atoms with Crippen LogP contribution >= 0.6 is 0 Å². The van der Waals surface area contributed by atoms with Crippen LogP contribution in [0.1, 0.15) is 36.8 Å². The summed E-state index contributed by atoms with van der Waals surface area (Å²) in [6.07, 6.45) is 1.60.